The first-order valence-corrected chi connectivity index (χ1v) is 6.07. The maximum Gasteiger partial charge on any atom is 0.324 e. The summed E-state index contributed by atoms with van der Waals surface area (Å²) in [6, 6.07) is 9.51. The highest BCUT2D eigenvalue weighted by molar-refractivity contribution is 6.03. The molecule has 0 amide bonds. The molecule has 1 unspecified atom stereocenters. The van der Waals surface area contributed by atoms with Crippen molar-refractivity contribution in [3.8, 4) is 0 Å². The standard InChI is InChI=1S/C14H14O4/c1-9-11-8-17-12(15)14(11,13(16)18-9)7-10-5-3-2-4-6-10/h2-6,9,11H,7-8H2,1H3/t9?,11-,14+/m1/s1. The Morgan fingerprint density at radius 1 is 1.22 bits per heavy atom. The zero-order chi connectivity index (χ0) is 12.8. The molecule has 18 heavy (non-hydrogen) atoms. The van der Waals surface area contributed by atoms with Crippen molar-refractivity contribution < 1.29 is 19.1 Å². The second kappa shape index (κ2) is 3.83. The van der Waals surface area contributed by atoms with E-state index in [2.05, 4.69) is 0 Å². The van der Waals surface area contributed by atoms with Crippen LogP contribution in [0.25, 0.3) is 0 Å². The Morgan fingerprint density at radius 3 is 2.67 bits per heavy atom. The van der Waals surface area contributed by atoms with Crippen LogP contribution in [0.2, 0.25) is 0 Å². The molecule has 4 nitrogen and oxygen atoms in total. The summed E-state index contributed by atoms with van der Waals surface area (Å²) in [5, 5.41) is 0. The van der Waals surface area contributed by atoms with Gasteiger partial charge in [-0.05, 0) is 18.9 Å². The lowest BCUT2D eigenvalue weighted by molar-refractivity contribution is -0.160. The third-order valence-corrected chi connectivity index (χ3v) is 3.94. The third kappa shape index (κ3) is 1.38. The fourth-order valence-electron chi connectivity index (χ4n) is 2.91. The van der Waals surface area contributed by atoms with Crippen LogP contribution in [-0.2, 0) is 25.5 Å². The Morgan fingerprint density at radius 2 is 1.94 bits per heavy atom. The molecule has 94 valence electrons. The molecule has 2 aliphatic rings. The van der Waals surface area contributed by atoms with Crippen LogP contribution >= 0.6 is 0 Å². The van der Waals surface area contributed by atoms with Gasteiger partial charge in [0, 0.05) is 0 Å². The van der Waals surface area contributed by atoms with Gasteiger partial charge in [0.15, 0.2) is 5.41 Å². The number of rotatable bonds is 2. The fraction of sp³-hybridized carbons (Fsp3) is 0.429. The van der Waals surface area contributed by atoms with E-state index in [0.717, 1.165) is 5.56 Å². The van der Waals surface area contributed by atoms with Gasteiger partial charge in [-0.3, -0.25) is 9.59 Å². The first kappa shape index (κ1) is 11.3. The molecule has 0 radical (unpaired) electrons. The SMILES string of the molecule is CC1OC(=O)[C@]2(Cc3ccccc3)C(=O)OC[C@H]12. The Bertz CT molecular complexity index is 496. The molecule has 2 heterocycles. The Kier molecular flexibility index (Phi) is 2.40. The maximum atomic E-state index is 12.1. The molecule has 1 aromatic carbocycles. The molecule has 0 spiro atoms. The smallest absolute Gasteiger partial charge is 0.324 e. The second-order valence-corrected chi connectivity index (χ2v) is 4.95. The maximum absolute atomic E-state index is 12.1. The van der Waals surface area contributed by atoms with Crippen molar-refractivity contribution in [1.29, 1.82) is 0 Å². The monoisotopic (exact) mass is 246 g/mol. The lowest BCUT2D eigenvalue weighted by Crippen LogP contribution is -2.39. The molecule has 3 rings (SSSR count). The van der Waals surface area contributed by atoms with Gasteiger partial charge in [-0.1, -0.05) is 30.3 Å². The first-order chi connectivity index (χ1) is 8.64. The summed E-state index contributed by atoms with van der Waals surface area (Å²) in [7, 11) is 0. The summed E-state index contributed by atoms with van der Waals surface area (Å²) in [6.07, 6.45) is 0.105. The molecule has 3 atom stereocenters. The van der Waals surface area contributed by atoms with Crippen LogP contribution in [0.3, 0.4) is 0 Å². The molecule has 2 fully saturated rings. The zero-order valence-electron chi connectivity index (χ0n) is 10.1. The minimum atomic E-state index is -1.12. The molecule has 1 aromatic rings. The van der Waals surface area contributed by atoms with Gasteiger partial charge < -0.3 is 9.47 Å². The summed E-state index contributed by atoms with van der Waals surface area (Å²) >= 11 is 0. The summed E-state index contributed by atoms with van der Waals surface area (Å²) in [6.45, 7) is 2.09. The van der Waals surface area contributed by atoms with Gasteiger partial charge in [0.2, 0.25) is 0 Å². The highest BCUT2D eigenvalue weighted by Gasteiger charge is 2.65. The highest BCUT2D eigenvalue weighted by atomic mass is 16.6. The Balaban J connectivity index is 2.00. The van der Waals surface area contributed by atoms with Crippen LogP contribution in [0.5, 0.6) is 0 Å². The summed E-state index contributed by atoms with van der Waals surface area (Å²) in [5.74, 6) is -1.05. The van der Waals surface area contributed by atoms with E-state index >= 15 is 0 Å². The van der Waals surface area contributed by atoms with Gasteiger partial charge in [0.25, 0.3) is 0 Å². The third-order valence-electron chi connectivity index (χ3n) is 3.94. The normalized spacial score (nSPS) is 34.1. The van der Waals surface area contributed by atoms with Gasteiger partial charge >= 0.3 is 11.9 Å². The highest BCUT2D eigenvalue weighted by Crippen LogP contribution is 2.47. The largest absolute Gasteiger partial charge is 0.464 e. The number of esters is 2. The van der Waals surface area contributed by atoms with E-state index in [1.54, 1.807) is 0 Å². The topological polar surface area (TPSA) is 52.6 Å². The molecular weight excluding hydrogens is 232 g/mol. The molecule has 0 bridgehead atoms. The van der Waals surface area contributed by atoms with Crippen LogP contribution in [0.1, 0.15) is 12.5 Å². The number of hydrogen-bond acceptors (Lipinski definition) is 4. The van der Waals surface area contributed by atoms with Crippen molar-refractivity contribution in [1.82, 2.24) is 0 Å². The number of carbonyl (C=O) groups excluding carboxylic acids is 2. The molecule has 2 saturated heterocycles. The fourth-order valence-corrected chi connectivity index (χ4v) is 2.91. The van der Waals surface area contributed by atoms with E-state index in [4.69, 9.17) is 9.47 Å². The van der Waals surface area contributed by atoms with Crippen molar-refractivity contribution in [3.05, 3.63) is 35.9 Å². The van der Waals surface area contributed by atoms with E-state index in [-0.39, 0.29) is 18.6 Å². The molecular formula is C14H14O4. The number of carbonyl (C=O) groups is 2. The Labute approximate surface area is 105 Å². The molecule has 0 aliphatic carbocycles. The molecule has 0 saturated carbocycles. The van der Waals surface area contributed by atoms with Crippen molar-refractivity contribution in [2.24, 2.45) is 11.3 Å². The molecule has 2 aliphatic heterocycles. The first-order valence-electron chi connectivity index (χ1n) is 6.07. The van der Waals surface area contributed by atoms with Crippen LogP contribution in [0.4, 0.5) is 0 Å². The zero-order valence-corrected chi connectivity index (χ0v) is 10.1. The lowest BCUT2D eigenvalue weighted by Gasteiger charge is -2.19. The van der Waals surface area contributed by atoms with E-state index < -0.39 is 17.4 Å². The number of hydrogen-bond donors (Lipinski definition) is 0. The quantitative estimate of drug-likeness (QED) is 0.583. The minimum absolute atomic E-state index is 0.169. The van der Waals surface area contributed by atoms with Gasteiger partial charge in [-0.2, -0.15) is 0 Å². The van der Waals surface area contributed by atoms with Crippen LogP contribution < -0.4 is 0 Å². The van der Waals surface area contributed by atoms with E-state index in [0.29, 0.717) is 6.42 Å². The molecule has 4 heteroatoms. The van der Waals surface area contributed by atoms with Crippen LogP contribution in [0.15, 0.2) is 30.3 Å². The summed E-state index contributed by atoms with van der Waals surface area (Å²) in [5.41, 5.74) is -0.173. The lowest BCUT2D eigenvalue weighted by atomic mass is 9.73. The van der Waals surface area contributed by atoms with E-state index in [9.17, 15) is 9.59 Å². The van der Waals surface area contributed by atoms with Gasteiger partial charge in [-0.25, -0.2) is 0 Å². The molecule has 0 N–H and O–H groups in total. The average Bonchev–Trinajstić information content (AvgIpc) is 2.80. The number of cyclic esters (lactones) is 2. The number of benzene rings is 1. The minimum Gasteiger partial charge on any atom is -0.464 e. The summed E-state index contributed by atoms with van der Waals surface area (Å²) in [4.78, 5) is 24.1. The van der Waals surface area contributed by atoms with Crippen molar-refractivity contribution >= 4 is 11.9 Å². The average molecular weight is 246 g/mol. The van der Waals surface area contributed by atoms with Crippen LogP contribution in [-0.4, -0.2) is 24.6 Å². The van der Waals surface area contributed by atoms with Crippen molar-refractivity contribution in [3.63, 3.8) is 0 Å². The van der Waals surface area contributed by atoms with Gasteiger partial charge in [0.05, 0.1) is 12.5 Å². The van der Waals surface area contributed by atoms with Gasteiger partial charge in [0.1, 0.15) is 6.10 Å². The summed E-state index contributed by atoms with van der Waals surface area (Å²) < 4.78 is 10.3. The van der Waals surface area contributed by atoms with E-state index in [1.807, 2.05) is 37.3 Å². The van der Waals surface area contributed by atoms with Crippen molar-refractivity contribution in [2.45, 2.75) is 19.4 Å². The van der Waals surface area contributed by atoms with E-state index in [1.165, 1.54) is 0 Å². The number of fused-ring (bicyclic) bond motifs is 1. The van der Waals surface area contributed by atoms with Crippen LogP contribution in [0, 0.1) is 11.3 Å². The molecule has 0 aromatic heterocycles. The Hall–Kier alpha value is -1.84. The number of ether oxygens (including phenoxy) is 2. The van der Waals surface area contributed by atoms with Crippen molar-refractivity contribution in [2.75, 3.05) is 6.61 Å². The predicted octanol–water partition coefficient (Wildman–Crippen LogP) is 1.33. The predicted molar refractivity (Wildman–Crippen MR) is 62.6 cm³/mol. The van der Waals surface area contributed by atoms with Gasteiger partial charge in [-0.15, -0.1) is 0 Å². The second-order valence-electron chi connectivity index (χ2n) is 4.95.